The summed E-state index contributed by atoms with van der Waals surface area (Å²) >= 11 is 6.54. The number of amides is 2. The molecule has 3 aliphatic heterocycles. The molecule has 1 aromatic rings. The number of carbonyl (C=O) groups excluding carboxylic acids is 3. The van der Waals surface area contributed by atoms with Crippen LogP contribution in [0.3, 0.4) is 0 Å². The zero-order valence-electron chi connectivity index (χ0n) is 20.2. The molecule has 190 valence electrons. The molecule has 2 bridgehead atoms. The maximum atomic E-state index is 14.3. The largest absolute Gasteiger partial charge is 0.466 e. The number of ether oxygens (including phenoxy) is 2. The van der Waals surface area contributed by atoms with Crippen LogP contribution < -0.4 is 4.90 Å². The average Bonchev–Trinajstić information content (AvgIpc) is 3.46. The summed E-state index contributed by atoms with van der Waals surface area (Å²) in [6.45, 7) is 8.09. The Labute approximate surface area is 210 Å². The minimum absolute atomic E-state index is 0.0132. The summed E-state index contributed by atoms with van der Waals surface area (Å²) in [5, 5.41) is 9.72. The zero-order valence-corrected chi connectivity index (χ0v) is 21.0. The van der Waals surface area contributed by atoms with Crippen LogP contribution in [0.2, 0.25) is 5.02 Å². The lowest BCUT2D eigenvalue weighted by Crippen LogP contribution is -2.56. The molecule has 35 heavy (non-hydrogen) atoms. The van der Waals surface area contributed by atoms with Crippen molar-refractivity contribution in [3.05, 3.63) is 41.4 Å². The average molecular weight is 505 g/mol. The monoisotopic (exact) mass is 504 g/mol. The summed E-state index contributed by atoms with van der Waals surface area (Å²) in [6, 6.07) is 4.50. The number of rotatable bonds is 10. The Morgan fingerprint density at radius 1 is 1.40 bits per heavy atom. The summed E-state index contributed by atoms with van der Waals surface area (Å²) in [5.74, 6) is -2.54. The predicted octanol–water partition coefficient (Wildman–Crippen LogP) is 2.88. The smallest absolute Gasteiger partial charge is 0.312 e. The Morgan fingerprint density at radius 3 is 2.83 bits per heavy atom. The second kappa shape index (κ2) is 10.3. The number of hydrogen-bond donors (Lipinski definition) is 1. The van der Waals surface area contributed by atoms with Crippen LogP contribution >= 0.6 is 11.6 Å². The van der Waals surface area contributed by atoms with E-state index in [0.717, 1.165) is 5.56 Å². The molecule has 5 atom stereocenters. The van der Waals surface area contributed by atoms with Crippen LogP contribution in [0.4, 0.5) is 5.69 Å². The van der Waals surface area contributed by atoms with Gasteiger partial charge in [0.15, 0.2) is 0 Å². The summed E-state index contributed by atoms with van der Waals surface area (Å²) in [6.07, 6.45) is 3.26. The lowest BCUT2D eigenvalue weighted by atomic mass is 9.70. The van der Waals surface area contributed by atoms with E-state index in [0.29, 0.717) is 36.4 Å². The Balaban J connectivity index is 1.78. The van der Waals surface area contributed by atoms with Gasteiger partial charge in [-0.1, -0.05) is 29.8 Å². The number of esters is 1. The van der Waals surface area contributed by atoms with Crippen LogP contribution in [-0.2, 0) is 23.9 Å². The molecule has 4 rings (SSSR count). The first-order valence-electron chi connectivity index (χ1n) is 12.3. The molecule has 3 saturated heterocycles. The quantitative estimate of drug-likeness (QED) is 0.299. The lowest BCUT2D eigenvalue weighted by molar-refractivity contribution is -0.154. The minimum Gasteiger partial charge on any atom is -0.466 e. The van der Waals surface area contributed by atoms with Crippen LogP contribution in [0.15, 0.2) is 30.9 Å². The van der Waals surface area contributed by atoms with E-state index in [9.17, 15) is 19.5 Å². The third kappa shape index (κ3) is 4.15. The van der Waals surface area contributed by atoms with Gasteiger partial charge in [0.05, 0.1) is 35.3 Å². The Hall–Kier alpha value is -2.42. The van der Waals surface area contributed by atoms with E-state index in [1.165, 1.54) is 0 Å². The number of para-hydroxylation sites is 1. The van der Waals surface area contributed by atoms with Crippen molar-refractivity contribution in [3.8, 4) is 0 Å². The molecular formula is C26H33ClN2O6. The fourth-order valence-electron chi connectivity index (χ4n) is 6.11. The molecule has 3 fully saturated rings. The molecule has 2 unspecified atom stereocenters. The van der Waals surface area contributed by atoms with E-state index in [2.05, 4.69) is 6.58 Å². The number of benzene rings is 1. The number of aliphatic hydroxyl groups excluding tert-OH is 1. The maximum absolute atomic E-state index is 14.3. The Bertz CT molecular complexity index is 995. The highest BCUT2D eigenvalue weighted by Gasteiger charge is 2.75. The molecule has 1 aromatic carbocycles. The number of aryl methyl sites for hydroxylation is 1. The normalized spacial score (nSPS) is 28.8. The first kappa shape index (κ1) is 25.7. The third-order valence-electron chi connectivity index (χ3n) is 7.44. The minimum atomic E-state index is -1.11. The van der Waals surface area contributed by atoms with Gasteiger partial charge in [0.1, 0.15) is 11.6 Å². The summed E-state index contributed by atoms with van der Waals surface area (Å²) in [7, 11) is 0. The van der Waals surface area contributed by atoms with Gasteiger partial charge in [-0.25, -0.2) is 0 Å². The van der Waals surface area contributed by atoms with Crippen molar-refractivity contribution in [1.29, 1.82) is 0 Å². The number of likely N-dealkylation sites (tertiary alicyclic amines) is 1. The highest BCUT2D eigenvalue weighted by molar-refractivity contribution is 6.34. The fourth-order valence-corrected chi connectivity index (χ4v) is 6.43. The molecule has 8 nitrogen and oxygen atoms in total. The molecule has 1 spiro atoms. The van der Waals surface area contributed by atoms with Gasteiger partial charge in [-0.15, -0.1) is 6.58 Å². The maximum Gasteiger partial charge on any atom is 0.312 e. The molecule has 0 aromatic heterocycles. The molecular weight excluding hydrogens is 472 g/mol. The van der Waals surface area contributed by atoms with Crippen LogP contribution in [0.25, 0.3) is 0 Å². The SMILES string of the molecule is C=CCN(C(=O)C1N(CCCCO)C(=O)[C@@H]2[C@@H](C(=O)OCC)[C@H]3CCC12O3)c1c(C)cccc1Cl. The van der Waals surface area contributed by atoms with Crippen LogP contribution in [0.1, 0.15) is 38.2 Å². The van der Waals surface area contributed by atoms with E-state index in [1.807, 2.05) is 19.1 Å². The van der Waals surface area contributed by atoms with E-state index in [1.54, 1.807) is 28.9 Å². The highest BCUT2D eigenvalue weighted by atomic mass is 35.5. The number of fused-ring (bicyclic) bond motifs is 1. The third-order valence-corrected chi connectivity index (χ3v) is 7.74. The van der Waals surface area contributed by atoms with Crippen molar-refractivity contribution in [2.24, 2.45) is 11.8 Å². The standard InChI is InChI=1S/C26H33ClN2O6/c1-4-13-28(21-16(3)9-8-10-17(21)27)24(32)22-26-12-11-18(35-26)19(25(33)34-5-2)20(26)23(31)29(22)14-6-7-15-30/h4,8-10,18-20,22,30H,1,5-7,11-15H2,2-3H3/t18-,19+,20+,22?,26?/m1/s1. The van der Waals surface area contributed by atoms with Gasteiger partial charge in [0.2, 0.25) is 5.91 Å². The van der Waals surface area contributed by atoms with Crippen molar-refractivity contribution in [1.82, 2.24) is 4.90 Å². The van der Waals surface area contributed by atoms with Crippen molar-refractivity contribution in [2.45, 2.75) is 57.3 Å². The van der Waals surface area contributed by atoms with Gasteiger partial charge < -0.3 is 24.4 Å². The number of hydrogen-bond acceptors (Lipinski definition) is 6. The second-order valence-electron chi connectivity index (χ2n) is 9.41. The van der Waals surface area contributed by atoms with Gasteiger partial charge in [-0.3, -0.25) is 14.4 Å². The van der Waals surface area contributed by atoms with Crippen LogP contribution in [0, 0.1) is 18.8 Å². The summed E-state index contributed by atoms with van der Waals surface area (Å²) < 4.78 is 11.7. The molecule has 0 aliphatic carbocycles. The fraction of sp³-hybridized carbons (Fsp3) is 0.577. The lowest BCUT2D eigenvalue weighted by Gasteiger charge is -2.37. The van der Waals surface area contributed by atoms with Crippen LogP contribution in [0.5, 0.6) is 0 Å². The summed E-state index contributed by atoms with van der Waals surface area (Å²) in [5.41, 5.74) is 0.277. The molecule has 9 heteroatoms. The van der Waals surface area contributed by atoms with Gasteiger partial charge >= 0.3 is 5.97 Å². The van der Waals surface area contributed by atoms with Gasteiger partial charge in [0.25, 0.3) is 5.91 Å². The van der Waals surface area contributed by atoms with E-state index in [-0.39, 0.29) is 38.1 Å². The molecule has 1 N–H and O–H groups in total. The Morgan fingerprint density at radius 2 is 2.17 bits per heavy atom. The first-order chi connectivity index (χ1) is 16.8. The molecule has 3 heterocycles. The summed E-state index contributed by atoms with van der Waals surface area (Å²) in [4.78, 5) is 44.1. The highest BCUT2D eigenvalue weighted by Crippen LogP contribution is 2.59. The van der Waals surface area contributed by atoms with E-state index >= 15 is 0 Å². The predicted molar refractivity (Wildman–Crippen MR) is 131 cm³/mol. The first-order valence-corrected chi connectivity index (χ1v) is 12.6. The number of aliphatic hydroxyl groups is 1. The van der Waals surface area contributed by atoms with Crippen molar-refractivity contribution in [2.75, 3.05) is 31.2 Å². The number of nitrogens with zero attached hydrogens (tertiary/aromatic N) is 2. The molecule has 3 aliphatic rings. The topological polar surface area (TPSA) is 96.4 Å². The second-order valence-corrected chi connectivity index (χ2v) is 9.82. The number of unbranched alkanes of at least 4 members (excludes halogenated alkanes) is 1. The molecule has 0 radical (unpaired) electrons. The number of halogens is 1. The van der Waals surface area contributed by atoms with Crippen LogP contribution in [-0.4, -0.2) is 71.8 Å². The molecule has 0 saturated carbocycles. The van der Waals surface area contributed by atoms with Gasteiger partial charge in [0, 0.05) is 19.7 Å². The Kier molecular flexibility index (Phi) is 7.54. The van der Waals surface area contributed by atoms with Gasteiger partial charge in [-0.05, 0) is 51.2 Å². The number of carbonyl (C=O) groups is 3. The van der Waals surface area contributed by atoms with E-state index in [4.69, 9.17) is 21.1 Å². The number of anilines is 1. The molecule has 2 amide bonds. The van der Waals surface area contributed by atoms with Crippen molar-refractivity contribution in [3.63, 3.8) is 0 Å². The zero-order chi connectivity index (χ0) is 25.3. The van der Waals surface area contributed by atoms with Crippen molar-refractivity contribution >= 4 is 35.1 Å². The van der Waals surface area contributed by atoms with E-state index < -0.39 is 35.6 Å². The van der Waals surface area contributed by atoms with Gasteiger partial charge in [-0.2, -0.15) is 0 Å². The van der Waals surface area contributed by atoms with Crippen molar-refractivity contribution < 1.29 is 29.0 Å².